The van der Waals surface area contributed by atoms with Crippen LogP contribution >= 0.6 is 11.3 Å². The highest BCUT2D eigenvalue weighted by Crippen LogP contribution is 2.34. The number of pyridine rings is 1. The average molecular weight is 328 g/mol. The lowest BCUT2D eigenvalue weighted by Crippen LogP contribution is -2.28. The van der Waals surface area contributed by atoms with Gasteiger partial charge in [-0.1, -0.05) is 0 Å². The van der Waals surface area contributed by atoms with Crippen LogP contribution in [0.4, 0.5) is 0 Å². The quantitative estimate of drug-likeness (QED) is 0.799. The van der Waals surface area contributed by atoms with E-state index in [1.807, 2.05) is 11.4 Å². The topological polar surface area (TPSA) is 84.0 Å². The highest BCUT2D eigenvalue weighted by molar-refractivity contribution is 7.18. The van der Waals surface area contributed by atoms with Gasteiger partial charge in [0.15, 0.2) is 0 Å². The summed E-state index contributed by atoms with van der Waals surface area (Å²) >= 11 is 1.64. The van der Waals surface area contributed by atoms with Gasteiger partial charge in [-0.3, -0.25) is 4.98 Å². The van der Waals surface area contributed by atoms with E-state index in [9.17, 15) is 5.11 Å². The summed E-state index contributed by atoms with van der Waals surface area (Å²) in [6.45, 7) is 0.430. The number of hydrogen-bond donors (Lipinski definition) is 1. The number of aliphatic hydroxyl groups is 1. The Labute approximate surface area is 137 Å². The Morgan fingerprint density at radius 1 is 1.43 bits per heavy atom. The molecule has 6 nitrogen and oxygen atoms in total. The summed E-state index contributed by atoms with van der Waals surface area (Å²) in [6.07, 6.45) is 3.99. The third-order valence-electron chi connectivity index (χ3n) is 4.37. The molecule has 2 unspecified atom stereocenters. The molecule has 1 saturated heterocycles. The highest BCUT2D eigenvalue weighted by atomic mass is 32.1. The zero-order valence-corrected chi connectivity index (χ0v) is 13.3. The summed E-state index contributed by atoms with van der Waals surface area (Å²) in [6, 6.07) is 4.29. The van der Waals surface area contributed by atoms with Crippen molar-refractivity contribution in [2.45, 2.75) is 38.0 Å². The van der Waals surface area contributed by atoms with Crippen LogP contribution in [0.1, 0.15) is 31.1 Å². The number of imidazole rings is 1. The van der Waals surface area contributed by atoms with E-state index in [1.54, 1.807) is 17.5 Å². The fourth-order valence-corrected chi connectivity index (χ4v) is 4.18. The number of nitriles is 1. The molecule has 0 amide bonds. The molecule has 0 aliphatic carbocycles. The minimum Gasteiger partial charge on any atom is -0.388 e. The van der Waals surface area contributed by atoms with E-state index in [1.165, 1.54) is 0 Å². The van der Waals surface area contributed by atoms with Crippen LogP contribution in [0.5, 0.6) is 0 Å². The molecule has 0 aromatic carbocycles. The van der Waals surface area contributed by atoms with Crippen LogP contribution < -0.4 is 0 Å². The molecule has 2 atom stereocenters. The second-order valence-corrected chi connectivity index (χ2v) is 6.65. The maximum absolute atomic E-state index is 9.72. The maximum atomic E-state index is 9.72. The predicted octanol–water partition coefficient (Wildman–Crippen LogP) is 2.77. The highest BCUT2D eigenvalue weighted by Gasteiger charge is 2.27. The Morgan fingerprint density at radius 3 is 3.09 bits per heavy atom. The molecule has 1 aliphatic rings. The molecule has 1 aliphatic heterocycles. The van der Waals surface area contributed by atoms with Gasteiger partial charge in [0, 0.05) is 0 Å². The normalized spacial score (nSPS) is 21.7. The molecule has 4 heterocycles. The Kier molecular flexibility index (Phi) is 3.73. The lowest BCUT2D eigenvalue weighted by Gasteiger charge is -2.30. The van der Waals surface area contributed by atoms with E-state index >= 15 is 0 Å². The Morgan fingerprint density at radius 2 is 2.35 bits per heavy atom. The Hall–Kier alpha value is -2.01. The Balaban J connectivity index is 1.79. The van der Waals surface area contributed by atoms with Crippen molar-refractivity contribution in [3.05, 3.63) is 23.5 Å². The van der Waals surface area contributed by atoms with Crippen molar-refractivity contribution in [1.82, 2.24) is 14.5 Å². The van der Waals surface area contributed by atoms with Gasteiger partial charge in [-0.05, 0) is 24.3 Å². The lowest BCUT2D eigenvalue weighted by molar-refractivity contribution is -0.00883. The molecule has 7 heteroatoms. The van der Waals surface area contributed by atoms with Gasteiger partial charge in [-0.25, -0.2) is 4.98 Å². The number of aliphatic hydroxyl groups excluding tert-OH is 1. The largest absolute Gasteiger partial charge is 0.388 e. The van der Waals surface area contributed by atoms with Crippen LogP contribution in [0.15, 0.2) is 17.6 Å². The van der Waals surface area contributed by atoms with Crippen LogP contribution in [0.3, 0.4) is 0 Å². The van der Waals surface area contributed by atoms with Crippen LogP contribution in [0.2, 0.25) is 0 Å². The number of thiophene rings is 1. The van der Waals surface area contributed by atoms with Crippen molar-refractivity contribution in [3.8, 4) is 6.07 Å². The SMILES string of the molecule is N#CCC1CCC(n2c(CO)nc3cnc4ccsc4c32)CO1. The van der Waals surface area contributed by atoms with E-state index < -0.39 is 0 Å². The third-order valence-corrected chi connectivity index (χ3v) is 5.28. The maximum Gasteiger partial charge on any atom is 0.136 e. The minimum atomic E-state index is -0.111. The zero-order chi connectivity index (χ0) is 15.8. The van der Waals surface area contributed by atoms with Crippen molar-refractivity contribution < 1.29 is 9.84 Å². The summed E-state index contributed by atoms with van der Waals surface area (Å²) in [5.74, 6) is 0.648. The van der Waals surface area contributed by atoms with E-state index in [0.29, 0.717) is 18.9 Å². The first-order chi connectivity index (χ1) is 11.3. The molecule has 118 valence electrons. The molecule has 0 spiro atoms. The molecule has 0 radical (unpaired) electrons. The van der Waals surface area contributed by atoms with E-state index in [4.69, 9.17) is 10.00 Å². The summed E-state index contributed by atoms with van der Waals surface area (Å²) < 4.78 is 9.03. The molecule has 4 rings (SSSR count). The van der Waals surface area contributed by atoms with Crippen molar-refractivity contribution in [3.63, 3.8) is 0 Å². The van der Waals surface area contributed by atoms with Crippen molar-refractivity contribution in [2.75, 3.05) is 6.61 Å². The van der Waals surface area contributed by atoms with E-state index in [-0.39, 0.29) is 18.8 Å². The van der Waals surface area contributed by atoms with E-state index in [2.05, 4.69) is 20.6 Å². The number of hydrogen-bond acceptors (Lipinski definition) is 6. The molecular formula is C16H16N4O2S. The molecular weight excluding hydrogens is 312 g/mol. The molecule has 23 heavy (non-hydrogen) atoms. The predicted molar refractivity (Wildman–Crippen MR) is 87.1 cm³/mol. The summed E-state index contributed by atoms with van der Waals surface area (Å²) in [4.78, 5) is 8.97. The Bertz CT molecular complexity index is 887. The average Bonchev–Trinajstić information content (AvgIpc) is 3.19. The number of rotatable bonds is 3. The van der Waals surface area contributed by atoms with Crippen molar-refractivity contribution in [1.29, 1.82) is 5.26 Å². The third kappa shape index (κ3) is 2.39. The van der Waals surface area contributed by atoms with Crippen molar-refractivity contribution in [2.24, 2.45) is 0 Å². The molecule has 1 fully saturated rings. The standard InChI is InChI=1S/C16H16N4O2S/c17-5-3-11-2-1-10(9-22-11)20-14(8-21)19-13-7-18-12-4-6-23-16(12)15(13)20/h4,6-7,10-11,21H,1-3,8-9H2. The second kappa shape index (κ2) is 5.89. The van der Waals surface area contributed by atoms with Gasteiger partial charge in [0.05, 0.1) is 53.2 Å². The molecule has 0 bridgehead atoms. The first-order valence-corrected chi connectivity index (χ1v) is 8.52. The smallest absolute Gasteiger partial charge is 0.136 e. The molecule has 3 aromatic heterocycles. The van der Waals surface area contributed by atoms with E-state index in [0.717, 1.165) is 34.1 Å². The first kappa shape index (κ1) is 14.6. The zero-order valence-electron chi connectivity index (χ0n) is 12.5. The molecule has 3 aromatic rings. The lowest BCUT2D eigenvalue weighted by atomic mass is 10.0. The molecule has 0 saturated carbocycles. The van der Waals surface area contributed by atoms with Gasteiger partial charge < -0.3 is 14.4 Å². The van der Waals surface area contributed by atoms with Crippen LogP contribution in [-0.4, -0.2) is 32.4 Å². The van der Waals surface area contributed by atoms with Crippen LogP contribution in [0.25, 0.3) is 21.3 Å². The number of aromatic nitrogens is 3. The van der Waals surface area contributed by atoms with Gasteiger partial charge in [0.1, 0.15) is 17.9 Å². The summed E-state index contributed by atoms with van der Waals surface area (Å²) in [5, 5.41) is 20.5. The van der Waals surface area contributed by atoms with Crippen molar-refractivity contribution >= 4 is 32.6 Å². The van der Waals surface area contributed by atoms with Crippen LogP contribution in [0, 0.1) is 11.3 Å². The molecule has 1 N–H and O–H groups in total. The number of fused-ring (bicyclic) bond motifs is 3. The monoisotopic (exact) mass is 328 g/mol. The summed E-state index contributed by atoms with van der Waals surface area (Å²) in [7, 11) is 0. The number of ether oxygens (including phenoxy) is 1. The van der Waals surface area contributed by atoms with Gasteiger partial charge in [-0.15, -0.1) is 11.3 Å². The van der Waals surface area contributed by atoms with Crippen LogP contribution in [-0.2, 0) is 11.3 Å². The fourth-order valence-electron chi connectivity index (χ4n) is 3.29. The second-order valence-electron chi connectivity index (χ2n) is 5.73. The van der Waals surface area contributed by atoms with Gasteiger partial charge >= 0.3 is 0 Å². The number of nitrogens with zero attached hydrogens (tertiary/aromatic N) is 4. The first-order valence-electron chi connectivity index (χ1n) is 7.64. The van der Waals surface area contributed by atoms with Gasteiger partial charge in [-0.2, -0.15) is 5.26 Å². The van der Waals surface area contributed by atoms with Gasteiger partial charge in [0.2, 0.25) is 0 Å². The van der Waals surface area contributed by atoms with Gasteiger partial charge in [0.25, 0.3) is 0 Å². The minimum absolute atomic E-state index is 0.0204. The fraction of sp³-hybridized carbons (Fsp3) is 0.438. The summed E-state index contributed by atoms with van der Waals surface area (Å²) in [5.41, 5.74) is 2.79.